The molecule has 2 atom stereocenters. The van der Waals surface area contributed by atoms with Crippen molar-refractivity contribution in [2.75, 3.05) is 0 Å². The van der Waals surface area contributed by atoms with E-state index in [2.05, 4.69) is 14.4 Å². The molecule has 0 aromatic carbocycles. The molecule has 2 unspecified atom stereocenters. The fourth-order valence-electron chi connectivity index (χ4n) is 1.63. The van der Waals surface area contributed by atoms with E-state index >= 15 is 0 Å². The molecule has 0 aliphatic heterocycles. The highest BCUT2D eigenvalue weighted by Crippen LogP contribution is 2.32. The van der Waals surface area contributed by atoms with Crippen LogP contribution in [0.5, 0.6) is 0 Å². The van der Waals surface area contributed by atoms with Crippen molar-refractivity contribution in [3.63, 3.8) is 0 Å². The van der Waals surface area contributed by atoms with Crippen molar-refractivity contribution in [3.05, 3.63) is 0 Å². The van der Waals surface area contributed by atoms with Crippen molar-refractivity contribution in [2.24, 2.45) is 0 Å². The van der Waals surface area contributed by atoms with Gasteiger partial charge in [0.05, 0.1) is 12.2 Å². The van der Waals surface area contributed by atoms with Crippen LogP contribution in [0.25, 0.3) is 0 Å². The zero-order valence-electron chi connectivity index (χ0n) is 10.2. The zero-order chi connectivity index (χ0) is 12.2. The third-order valence-corrected chi connectivity index (χ3v) is 4.14. The molecule has 0 bridgehead atoms. The van der Waals surface area contributed by atoms with Crippen molar-refractivity contribution in [1.29, 1.82) is 4.29 Å². The normalized spacial score (nSPS) is 40.2. The predicted octanol–water partition coefficient (Wildman–Crippen LogP) is -1.43. The second kappa shape index (κ2) is 4.03. The molecule has 0 spiro atoms. The van der Waals surface area contributed by atoms with Gasteiger partial charge in [-0.15, -0.1) is 0 Å². The van der Waals surface area contributed by atoms with Crippen molar-refractivity contribution < 1.29 is 24.6 Å². The van der Waals surface area contributed by atoms with Gasteiger partial charge in [0.15, 0.2) is 4.29 Å². The molecule has 5 nitrogen and oxygen atoms in total. The van der Waals surface area contributed by atoms with E-state index in [-0.39, 0.29) is 0 Å². The Kier molecular flexibility index (Phi) is 2.27. The van der Waals surface area contributed by atoms with E-state index in [4.69, 9.17) is 4.29 Å². The third-order valence-electron chi connectivity index (χ3n) is 2.57. The minimum atomic E-state index is -3.63. The zero-order valence-corrected chi connectivity index (χ0v) is 8.18. The van der Waals surface area contributed by atoms with Crippen LogP contribution in [0.15, 0.2) is 0 Å². The Labute approximate surface area is 82.1 Å². The summed E-state index contributed by atoms with van der Waals surface area (Å²) in [4.78, 5) is 12.9. The molecule has 1 fully saturated rings. The lowest BCUT2D eigenvalue weighted by atomic mass is 10.1. The van der Waals surface area contributed by atoms with Gasteiger partial charge < -0.3 is 24.6 Å². The molecule has 1 aliphatic carbocycles. The summed E-state index contributed by atoms with van der Waals surface area (Å²) in [6, 6.07) is 0. The van der Waals surface area contributed by atoms with Gasteiger partial charge in [-0.2, -0.15) is 0 Å². The van der Waals surface area contributed by atoms with Gasteiger partial charge in [0.2, 0.25) is 0 Å². The van der Waals surface area contributed by atoms with Gasteiger partial charge in [0.25, 0.3) is 0 Å². The molecule has 13 heavy (non-hydrogen) atoms. The summed E-state index contributed by atoms with van der Waals surface area (Å²) in [6.07, 6.45) is -0.201. The molecule has 6 heteroatoms. The highest BCUT2D eigenvalue weighted by Gasteiger charge is 2.41. The lowest BCUT2D eigenvalue weighted by molar-refractivity contribution is 0.0157. The van der Waals surface area contributed by atoms with E-state index in [1.807, 2.05) is 0 Å². The predicted molar refractivity (Wildman–Crippen MR) is 46.6 cm³/mol. The number of rotatable bonds is 4. The Morgan fingerprint density at radius 2 is 1.38 bits per heavy atom. The first-order valence-corrected chi connectivity index (χ1v) is 6.19. The maximum absolute atomic E-state index is 9.46. The van der Waals surface area contributed by atoms with E-state index in [9.17, 15) is 10.2 Å². The van der Waals surface area contributed by atoms with E-state index in [0.717, 1.165) is 0 Å². The molecule has 0 aromatic rings. The van der Waals surface area contributed by atoms with Crippen LogP contribution < -0.4 is 0 Å². The van der Waals surface area contributed by atoms with Gasteiger partial charge in [-0.25, -0.2) is 0 Å². The van der Waals surface area contributed by atoms with Crippen molar-refractivity contribution >= 4 is 8.80 Å². The number of aliphatic hydroxyl groups is 2. The standard InChI is InChI=1S/C7H16O5Si/c8-6-3-1-5(13(10,11)12)2-4-7(6)9/h5-12H,1-4H2/i10T,11T,12T. The van der Waals surface area contributed by atoms with E-state index in [1.165, 1.54) is 0 Å². The minimum absolute atomic E-state index is 0.316. The molecule has 0 aromatic heterocycles. The number of hydrogen-bond donors (Lipinski definition) is 5. The Hall–Kier alpha value is 0.0169. The van der Waals surface area contributed by atoms with E-state index < -0.39 is 26.6 Å². The maximum atomic E-state index is 9.46. The Morgan fingerprint density at radius 1 is 0.923 bits per heavy atom. The Bertz CT molecular complexity index is 198. The molecule has 0 radical (unpaired) electrons. The van der Waals surface area contributed by atoms with Crippen LogP contribution in [0.4, 0.5) is 0 Å². The fourth-order valence-corrected chi connectivity index (χ4v) is 2.67. The highest BCUT2D eigenvalue weighted by molar-refractivity contribution is 6.57. The molecule has 5 N–H and O–H groups in total. The summed E-state index contributed by atoms with van der Waals surface area (Å²) >= 11 is 0. The van der Waals surface area contributed by atoms with Gasteiger partial charge in [-0.3, -0.25) is 0 Å². The summed E-state index contributed by atoms with van der Waals surface area (Å²) in [5.74, 6) is 0. The lowest BCUT2D eigenvalue weighted by Gasteiger charge is -2.19. The molecule has 0 heterocycles. The molecule has 1 rings (SSSR count). The quantitative estimate of drug-likeness (QED) is 0.292. The topological polar surface area (TPSA) is 101 Å². The van der Waals surface area contributed by atoms with Crippen LogP contribution in [-0.2, 0) is 0 Å². The van der Waals surface area contributed by atoms with Gasteiger partial charge in [-0.05, 0) is 25.7 Å². The second-order valence-corrected chi connectivity index (χ2v) is 5.61. The summed E-state index contributed by atoms with van der Waals surface area (Å²) < 4.78 is 20.6. The van der Waals surface area contributed by atoms with Gasteiger partial charge in [0, 0.05) is 5.54 Å². The average Bonchev–Trinajstić information content (AvgIpc) is 2.47. The maximum Gasteiger partial charge on any atom is 0.496 e. The molecule has 1 saturated carbocycles. The van der Waals surface area contributed by atoms with Crippen LogP contribution in [0.3, 0.4) is 0 Å². The summed E-state index contributed by atoms with van der Waals surface area (Å²) in [6.45, 7) is 0. The molecule has 0 saturated heterocycles. The largest absolute Gasteiger partial charge is 0.496 e. The number of aliphatic hydroxyl groups excluding tert-OH is 2. The monoisotopic (exact) mass is 214 g/mol. The SMILES string of the molecule is [3H]O[Si](O[3H])(O[3H])C1CCC(O)C(O)CC1. The van der Waals surface area contributed by atoms with Crippen molar-refractivity contribution in [1.82, 2.24) is 0 Å². The molecule has 78 valence electrons. The van der Waals surface area contributed by atoms with E-state index in [1.54, 1.807) is 0 Å². The van der Waals surface area contributed by atoms with Crippen LogP contribution in [0, 0.1) is 0 Å². The van der Waals surface area contributed by atoms with Crippen LogP contribution in [0.1, 0.15) is 25.7 Å². The highest BCUT2D eigenvalue weighted by atomic mass is 28.4. The Balaban J connectivity index is 2.71. The minimum Gasteiger partial charge on any atom is -0.390 e. The van der Waals surface area contributed by atoms with Crippen LogP contribution in [0.2, 0.25) is 5.54 Å². The lowest BCUT2D eigenvalue weighted by Crippen LogP contribution is -2.40. The summed E-state index contributed by atoms with van der Waals surface area (Å²) in [5, 5.41) is 18.9. The first-order valence-electron chi connectivity index (χ1n) is 5.61. The Morgan fingerprint density at radius 3 is 1.77 bits per heavy atom. The molecular weight excluding hydrogens is 192 g/mol. The van der Waals surface area contributed by atoms with Gasteiger partial charge >= 0.3 is 8.80 Å². The second-order valence-electron chi connectivity index (χ2n) is 3.59. The van der Waals surface area contributed by atoms with Crippen LogP contribution in [-0.4, -0.2) is 49.9 Å². The van der Waals surface area contributed by atoms with Crippen molar-refractivity contribution in [3.8, 4) is 0 Å². The smallest absolute Gasteiger partial charge is 0.390 e. The average molecular weight is 214 g/mol. The summed E-state index contributed by atoms with van der Waals surface area (Å²) in [7, 11) is -3.63. The first-order chi connectivity index (χ1) is 7.59. The van der Waals surface area contributed by atoms with Gasteiger partial charge in [-0.1, -0.05) is 0 Å². The van der Waals surface area contributed by atoms with Crippen LogP contribution >= 0.6 is 0 Å². The molecule has 1 aliphatic rings. The van der Waals surface area contributed by atoms with Gasteiger partial charge in [0.1, 0.15) is 0 Å². The molecule has 0 amide bonds. The molecular formula is C7H16O5Si. The van der Waals surface area contributed by atoms with E-state index in [0.29, 0.717) is 25.7 Å². The fraction of sp³-hybridized carbons (Fsp3) is 1.00. The number of hydrogen-bond acceptors (Lipinski definition) is 5. The summed E-state index contributed by atoms with van der Waals surface area (Å²) in [5.41, 5.74) is -0.410. The first kappa shape index (κ1) is 7.33. The third kappa shape index (κ3) is 3.01. The van der Waals surface area contributed by atoms with Crippen molar-refractivity contribution in [2.45, 2.75) is 43.4 Å².